The maximum Gasteiger partial charge on any atom is 0.223 e. The number of nitrogens with zero attached hydrogens (tertiary/aromatic N) is 3. The molecule has 2 unspecified atom stereocenters. The summed E-state index contributed by atoms with van der Waals surface area (Å²) in [6.07, 6.45) is 3.61. The van der Waals surface area contributed by atoms with Crippen LogP contribution in [0.1, 0.15) is 52.5 Å². The highest BCUT2D eigenvalue weighted by molar-refractivity contribution is 6.01. The van der Waals surface area contributed by atoms with Gasteiger partial charge in [0, 0.05) is 42.9 Å². The van der Waals surface area contributed by atoms with E-state index in [0.29, 0.717) is 6.42 Å². The SMILES string of the molecule is CCC1(c2cccc(N(C)C(C)=O)c2)C2=CN=NC2NC2=C1C(=O)CC(C)(C)C2. The van der Waals surface area contributed by atoms with Crippen LogP contribution >= 0.6 is 0 Å². The number of carbonyl (C=O) groups excluding carboxylic acids is 2. The minimum atomic E-state index is -0.587. The van der Waals surface area contributed by atoms with Crippen molar-refractivity contribution in [2.24, 2.45) is 15.6 Å². The lowest BCUT2D eigenvalue weighted by Crippen LogP contribution is -2.51. The number of rotatable bonds is 3. The molecule has 0 spiro atoms. The number of nitrogens with one attached hydrogen (secondary N) is 1. The van der Waals surface area contributed by atoms with Gasteiger partial charge in [-0.3, -0.25) is 9.59 Å². The van der Waals surface area contributed by atoms with Gasteiger partial charge >= 0.3 is 0 Å². The molecule has 1 aliphatic carbocycles. The molecule has 0 saturated carbocycles. The number of carbonyl (C=O) groups is 2. The van der Waals surface area contributed by atoms with E-state index >= 15 is 0 Å². The van der Waals surface area contributed by atoms with E-state index < -0.39 is 5.41 Å². The predicted octanol–water partition coefficient (Wildman–Crippen LogP) is 4.24. The molecule has 0 aromatic heterocycles. The van der Waals surface area contributed by atoms with Crippen LogP contribution in [0.15, 0.2) is 57.5 Å². The second-order valence-corrected chi connectivity index (χ2v) is 9.04. The van der Waals surface area contributed by atoms with Gasteiger partial charge < -0.3 is 10.2 Å². The maximum absolute atomic E-state index is 13.5. The Hall–Kier alpha value is -2.76. The number of ketones is 1. The highest BCUT2D eigenvalue weighted by atomic mass is 16.2. The predicted molar refractivity (Wildman–Crippen MR) is 112 cm³/mol. The first-order chi connectivity index (χ1) is 13.7. The van der Waals surface area contributed by atoms with Gasteiger partial charge in [0.15, 0.2) is 11.9 Å². The standard InChI is InChI=1S/C23H28N4O2/c1-6-23(15-8-7-9-16(10-15)27(5)14(2)28)17-13-24-26-21(17)25-18-11-22(3,4)12-19(29)20(18)23/h7-10,13,21,25H,6,11-12H2,1-5H3. The van der Waals surface area contributed by atoms with Gasteiger partial charge in [0.25, 0.3) is 0 Å². The number of benzene rings is 1. The van der Waals surface area contributed by atoms with Crippen LogP contribution in [0.25, 0.3) is 0 Å². The number of allylic oxidation sites excluding steroid dienone is 2. The molecule has 6 nitrogen and oxygen atoms in total. The van der Waals surface area contributed by atoms with Crippen molar-refractivity contribution in [2.75, 3.05) is 11.9 Å². The molecule has 1 amide bonds. The molecular weight excluding hydrogens is 364 g/mol. The number of amides is 1. The molecule has 29 heavy (non-hydrogen) atoms. The van der Waals surface area contributed by atoms with Crippen molar-refractivity contribution in [3.63, 3.8) is 0 Å². The highest BCUT2D eigenvalue weighted by Gasteiger charge is 2.53. The van der Waals surface area contributed by atoms with Crippen molar-refractivity contribution in [1.82, 2.24) is 5.32 Å². The summed E-state index contributed by atoms with van der Waals surface area (Å²) in [6.45, 7) is 7.93. The van der Waals surface area contributed by atoms with Crippen molar-refractivity contribution >= 4 is 17.4 Å². The Labute approximate surface area is 171 Å². The molecule has 2 aliphatic heterocycles. The Bertz CT molecular complexity index is 988. The first-order valence-corrected chi connectivity index (χ1v) is 10.2. The molecule has 0 radical (unpaired) electrons. The topological polar surface area (TPSA) is 74.1 Å². The molecule has 0 bridgehead atoms. The Balaban J connectivity index is 1.96. The smallest absolute Gasteiger partial charge is 0.223 e. The molecule has 1 aromatic carbocycles. The third-order valence-electron chi connectivity index (χ3n) is 6.51. The summed E-state index contributed by atoms with van der Waals surface area (Å²) < 4.78 is 0. The van der Waals surface area contributed by atoms with Gasteiger partial charge in [-0.15, -0.1) is 0 Å². The summed E-state index contributed by atoms with van der Waals surface area (Å²) in [5.41, 5.74) is 3.99. The summed E-state index contributed by atoms with van der Waals surface area (Å²) in [7, 11) is 1.77. The summed E-state index contributed by atoms with van der Waals surface area (Å²) >= 11 is 0. The Morgan fingerprint density at radius 1 is 1.31 bits per heavy atom. The maximum atomic E-state index is 13.5. The minimum Gasteiger partial charge on any atom is -0.362 e. The lowest BCUT2D eigenvalue weighted by molar-refractivity contribution is -0.119. The van der Waals surface area contributed by atoms with Crippen LogP contribution in [-0.4, -0.2) is 24.9 Å². The second kappa shape index (κ2) is 6.65. The number of hydrogen-bond acceptors (Lipinski definition) is 5. The van der Waals surface area contributed by atoms with Gasteiger partial charge in [-0.25, -0.2) is 0 Å². The van der Waals surface area contributed by atoms with Crippen molar-refractivity contribution in [2.45, 2.75) is 58.5 Å². The third-order valence-corrected chi connectivity index (χ3v) is 6.51. The fourth-order valence-corrected chi connectivity index (χ4v) is 5.05. The highest BCUT2D eigenvalue weighted by Crippen LogP contribution is 2.53. The average molecular weight is 393 g/mol. The fourth-order valence-electron chi connectivity index (χ4n) is 5.05. The van der Waals surface area contributed by atoms with Gasteiger partial charge in [0.2, 0.25) is 5.91 Å². The van der Waals surface area contributed by atoms with Gasteiger partial charge in [-0.1, -0.05) is 32.9 Å². The summed E-state index contributed by atoms with van der Waals surface area (Å²) in [4.78, 5) is 27.0. The summed E-state index contributed by atoms with van der Waals surface area (Å²) in [5, 5.41) is 12.1. The molecular formula is C23H28N4O2. The first kappa shape index (κ1) is 19.6. The molecule has 0 fully saturated rings. The molecule has 2 heterocycles. The van der Waals surface area contributed by atoms with E-state index in [4.69, 9.17) is 0 Å². The average Bonchev–Trinajstić information content (AvgIpc) is 3.13. The largest absolute Gasteiger partial charge is 0.362 e. The summed E-state index contributed by atoms with van der Waals surface area (Å²) in [5.74, 6) is 0.151. The van der Waals surface area contributed by atoms with Crippen molar-refractivity contribution in [1.29, 1.82) is 0 Å². The molecule has 0 saturated heterocycles. The molecule has 1 N–H and O–H groups in total. The number of azo groups is 1. The van der Waals surface area contributed by atoms with Gasteiger partial charge in [0.1, 0.15) is 0 Å². The molecule has 152 valence electrons. The van der Waals surface area contributed by atoms with Crippen LogP contribution in [0.3, 0.4) is 0 Å². The van der Waals surface area contributed by atoms with E-state index in [0.717, 1.165) is 40.9 Å². The number of Topliss-reactive ketones (excluding diaryl/α,β-unsaturated/α-hetero) is 1. The summed E-state index contributed by atoms with van der Waals surface area (Å²) in [6, 6.07) is 7.97. The number of hydrogen-bond donors (Lipinski definition) is 1. The van der Waals surface area contributed by atoms with Gasteiger partial charge in [0.05, 0.1) is 11.6 Å². The van der Waals surface area contributed by atoms with E-state index in [1.54, 1.807) is 25.1 Å². The van der Waals surface area contributed by atoms with Crippen LogP contribution < -0.4 is 10.2 Å². The quantitative estimate of drug-likeness (QED) is 0.836. The van der Waals surface area contributed by atoms with Crippen LogP contribution in [0.4, 0.5) is 5.69 Å². The normalized spacial score (nSPS) is 27.1. The molecule has 1 aromatic rings. The zero-order valence-corrected chi connectivity index (χ0v) is 17.7. The lowest BCUT2D eigenvalue weighted by Gasteiger charge is -2.48. The first-order valence-electron chi connectivity index (χ1n) is 10.2. The number of fused-ring (bicyclic) bond motifs is 1. The Morgan fingerprint density at radius 2 is 2.07 bits per heavy atom. The van der Waals surface area contributed by atoms with Gasteiger partial charge in [-0.2, -0.15) is 10.2 Å². The lowest BCUT2D eigenvalue weighted by atomic mass is 9.59. The molecule has 4 rings (SSSR count). The van der Waals surface area contributed by atoms with Crippen molar-refractivity contribution in [3.05, 3.63) is 52.9 Å². The van der Waals surface area contributed by atoms with Crippen molar-refractivity contribution < 1.29 is 9.59 Å². The van der Waals surface area contributed by atoms with Crippen LogP contribution in [0.5, 0.6) is 0 Å². The third kappa shape index (κ3) is 2.93. The zero-order chi connectivity index (χ0) is 21.0. The Morgan fingerprint density at radius 3 is 2.76 bits per heavy atom. The second-order valence-electron chi connectivity index (χ2n) is 9.04. The fraction of sp³-hybridized carbons (Fsp3) is 0.478. The monoisotopic (exact) mass is 392 g/mol. The minimum absolute atomic E-state index is 0.0311. The number of anilines is 1. The molecule has 2 atom stereocenters. The van der Waals surface area contributed by atoms with E-state index in [1.165, 1.54) is 0 Å². The van der Waals surface area contributed by atoms with E-state index in [2.05, 4.69) is 42.4 Å². The van der Waals surface area contributed by atoms with Crippen LogP contribution in [0.2, 0.25) is 0 Å². The molecule has 3 aliphatic rings. The van der Waals surface area contributed by atoms with E-state index in [-0.39, 0.29) is 23.3 Å². The van der Waals surface area contributed by atoms with Crippen molar-refractivity contribution in [3.8, 4) is 0 Å². The van der Waals surface area contributed by atoms with Crippen LogP contribution in [-0.2, 0) is 15.0 Å². The zero-order valence-electron chi connectivity index (χ0n) is 17.7. The van der Waals surface area contributed by atoms with E-state index in [1.807, 2.05) is 18.2 Å². The molecule has 6 heteroatoms. The van der Waals surface area contributed by atoms with E-state index in [9.17, 15) is 9.59 Å². The Kier molecular flexibility index (Phi) is 4.48. The van der Waals surface area contributed by atoms with Gasteiger partial charge in [-0.05, 0) is 36.0 Å². The van der Waals surface area contributed by atoms with Crippen LogP contribution in [0, 0.1) is 5.41 Å².